The number of carbonyl (C=O) groups is 1. The van der Waals surface area contributed by atoms with Crippen LogP contribution >= 0.6 is 0 Å². The number of rotatable bonds is 3. The molecule has 3 N–H and O–H groups in total. The Morgan fingerprint density at radius 1 is 1.48 bits per heavy atom. The maximum atomic E-state index is 12.4. The van der Waals surface area contributed by atoms with Crippen LogP contribution in [0.5, 0.6) is 0 Å². The van der Waals surface area contributed by atoms with Gasteiger partial charge < -0.3 is 20.4 Å². The fourth-order valence-corrected chi connectivity index (χ4v) is 3.48. The van der Waals surface area contributed by atoms with Gasteiger partial charge >= 0.3 is 0 Å². The molecule has 4 rings (SSSR count). The van der Waals surface area contributed by atoms with E-state index in [4.69, 9.17) is 4.42 Å². The highest BCUT2D eigenvalue weighted by atomic mass is 16.3. The fraction of sp³-hybridized carbons (Fsp3) is 0.467. The van der Waals surface area contributed by atoms with Crippen molar-refractivity contribution in [3.8, 4) is 0 Å². The van der Waals surface area contributed by atoms with Crippen LogP contribution in [0.3, 0.4) is 0 Å². The van der Waals surface area contributed by atoms with Gasteiger partial charge in [0.25, 0.3) is 5.91 Å². The Morgan fingerprint density at radius 3 is 3.10 bits per heavy atom. The smallest absolute Gasteiger partial charge is 0.270 e. The molecule has 2 saturated heterocycles. The summed E-state index contributed by atoms with van der Waals surface area (Å²) in [5.74, 6) is -0.112. The highest BCUT2D eigenvalue weighted by molar-refractivity contribution is 5.98. The van der Waals surface area contributed by atoms with E-state index >= 15 is 0 Å². The fourth-order valence-electron chi connectivity index (χ4n) is 3.48. The standard InChI is InChI=1S/C15H18N4O2/c1-16-13-7-21-14-6-17-12(5-9(13)14)15(20)19-11-4-8-2-3-10(11)18-8/h5-8,10-11,16,18H,2-4H2,1H3,(H,19,20)/t8-,10+,11-/m1/s1. The molecule has 2 aliphatic rings. The molecular weight excluding hydrogens is 268 g/mol. The quantitative estimate of drug-likeness (QED) is 0.796. The van der Waals surface area contributed by atoms with Gasteiger partial charge in [0, 0.05) is 30.6 Å². The van der Waals surface area contributed by atoms with Crippen molar-refractivity contribution in [3.63, 3.8) is 0 Å². The van der Waals surface area contributed by atoms with Crippen molar-refractivity contribution in [2.45, 2.75) is 37.4 Å². The van der Waals surface area contributed by atoms with Crippen LogP contribution in [0.1, 0.15) is 29.8 Å². The molecule has 0 spiro atoms. The summed E-state index contributed by atoms with van der Waals surface area (Å²) in [5, 5.41) is 10.6. The number of nitrogens with zero attached hydrogens (tertiary/aromatic N) is 1. The summed E-state index contributed by atoms with van der Waals surface area (Å²) in [6.07, 6.45) is 6.62. The van der Waals surface area contributed by atoms with E-state index in [2.05, 4.69) is 20.9 Å². The SMILES string of the molecule is CNc1coc2cnc(C(=O)N[C@@H]3C[C@H]4CC[C@@H]3N4)cc12. The van der Waals surface area contributed by atoms with Crippen molar-refractivity contribution in [1.29, 1.82) is 0 Å². The number of amides is 1. The van der Waals surface area contributed by atoms with Gasteiger partial charge in [-0.3, -0.25) is 4.79 Å². The van der Waals surface area contributed by atoms with Crippen LogP contribution in [0.15, 0.2) is 22.9 Å². The third kappa shape index (κ3) is 2.06. The number of anilines is 1. The largest absolute Gasteiger partial charge is 0.460 e. The van der Waals surface area contributed by atoms with Crippen molar-refractivity contribution >= 4 is 22.6 Å². The Kier molecular flexibility index (Phi) is 2.85. The molecule has 2 fully saturated rings. The number of fused-ring (bicyclic) bond motifs is 3. The lowest BCUT2D eigenvalue weighted by atomic mass is 9.95. The van der Waals surface area contributed by atoms with Gasteiger partial charge in [-0.1, -0.05) is 0 Å². The van der Waals surface area contributed by atoms with E-state index in [9.17, 15) is 4.79 Å². The minimum Gasteiger partial charge on any atom is -0.460 e. The van der Waals surface area contributed by atoms with Crippen molar-refractivity contribution in [2.75, 3.05) is 12.4 Å². The second kappa shape index (κ2) is 4.73. The molecule has 2 aromatic heterocycles. The minimum atomic E-state index is -0.112. The van der Waals surface area contributed by atoms with E-state index in [0.29, 0.717) is 23.4 Å². The zero-order chi connectivity index (χ0) is 14.4. The number of hydrogen-bond acceptors (Lipinski definition) is 5. The predicted molar refractivity (Wildman–Crippen MR) is 79.4 cm³/mol. The van der Waals surface area contributed by atoms with Crippen LogP contribution in [0, 0.1) is 0 Å². The van der Waals surface area contributed by atoms with Crippen LogP contribution in [0.4, 0.5) is 5.69 Å². The van der Waals surface area contributed by atoms with E-state index in [-0.39, 0.29) is 11.9 Å². The normalized spacial score (nSPS) is 27.2. The summed E-state index contributed by atoms with van der Waals surface area (Å²) in [5.41, 5.74) is 1.98. The molecule has 3 atom stereocenters. The number of pyridine rings is 1. The average molecular weight is 286 g/mol. The van der Waals surface area contributed by atoms with Crippen LogP contribution in [0.2, 0.25) is 0 Å². The van der Waals surface area contributed by atoms with Crippen LogP contribution in [0.25, 0.3) is 11.0 Å². The third-order valence-electron chi connectivity index (χ3n) is 4.58. The maximum Gasteiger partial charge on any atom is 0.270 e. The minimum absolute atomic E-state index is 0.112. The Hall–Kier alpha value is -2.08. The first-order valence-electron chi connectivity index (χ1n) is 7.36. The molecule has 0 aliphatic carbocycles. The van der Waals surface area contributed by atoms with Crippen molar-refractivity contribution < 1.29 is 9.21 Å². The van der Waals surface area contributed by atoms with Crippen molar-refractivity contribution in [2.24, 2.45) is 0 Å². The second-order valence-corrected chi connectivity index (χ2v) is 5.83. The molecular formula is C15H18N4O2. The summed E-state index contributed by atoms with van der Waals surface area (Å²) >= 11 is 0. The molecule has 6 nitrogen and oxygen atoms in total. The van der Waals surface area contributed by atoms with E-state index in [0.717, 1.165) is 23.9 Å². The molecule has 0 saturated carbocycles. The zero-order valence-corrected chi connectivity index (χ0v) is 11.8. The molecule has 21 heavy (non-hydrogen) atoms. The monoisotopic (exact) mass is 286 g/mol. The van der Waals surface area contributed by atoms with Gasteiger partial charge in [0.2, 0.25) is 0 Å². The lowest BCUT2D eigenvalue weighted by molar-refractivity contribution is 0.0926. The van der Waals surface area contributed by atoms with Gasteiger partial charge in [-0.15, -0.1) is 0 Å². The van der Waals surface area contributed by atoms with Crippen molar-refractivity contribution in [3.05, 3.63) is 24.2 Å². The van der Waals surface area contributed by atoms with Gasteiger partial charge in [-0.25, -0.2) is 4.98 Å². The first-order chi connectivity index (χ1) is 10.2. The Labute approximate surface area is 122 Å². The number of aromatic nitrogens is 1. The van der Waals surface area contributed by atoms with Crippen LogP contribution in [-0.4, -0.2) is 36.1 Å². The molecule has 4 heterocycles. The summed E-state index contributed by atoms with van der Waals surface area (Å²) in [6, 6.07) is 2.99. The third-order valence-corrected chi connectivity index (χ3v) is 4.58. The molecule has 2 aromatic rings. The highest BCUT2D eigenvalue weighted by Gasteiger charge is 2.39. The Balaban J connectivity index is 1.56. The molecule has 0 unspecified atom stereocenters. The van der Waals surface area contributed by atoms with Crippen LogP contribution in [-0.2, 0) is 0 Å². The Bertz CT molecular complexity index is 696. The number of nitrogens with one attached hydrogen (secondary N) is 3. The zero-order valence-electron chi connectivity index (χ0n) is 11.8. The summed E-state index contributed by atoms with van der Waals surface area (Å²) < 4.78 is 5.38. The lowest BCUT2D eigenvalue weighted by Crippen LogP contribution is -2.43. The predicted octanol–water partition coefficient (Wildman–Crippen LogP) is 1.49. The molecule has 0 radical (unpaired) electrons. The van der Waals surface area contributed by atoms with E-state index in [1.807, 2.05) is 7.05 Å². The van der Waals surface area contributed by atoms with Gasteiger partial charge in [-0.2, -0.15) is 0 Å². The lowest BCUT2D eigenvalue weighted by Gasteiger charge is -2.21. The van der Waals surface area contributed by atoms with Gasteiger partial charge in [0.15, 0.2) is 5.58 Å². The molecule has 0 aromatic carbocycles. The average Bonchev–Trinajstić information content (AvgIpc) is 3.21. The molecule has 2 bridgehead atoms. The second-order valence-electron chi connectivity index (χ2n) is 5.83. The highest BCUT2D eigenvalue weighted by Crippen LogP contribution is 2.29. The van der Waals surface area contributed by atoms with E-state index in [1.54, 1.807) is 18.5 Å². The first-order valence-corrected chi connectivity index (χ1v) is 7.36. The summed E-state index contributed by atoms with van der Waals surface area (Å²) in [7, 11) is 1.82. The molecule has 6 heteroatoms. The van der Waals surface area contributed by atoms with Gasteiger partial charge in [-0.05, 0) is 25.3 Å². The Morgan fingerprint density at radius 2 is 2.38 bits per heavy atom. The molecule has 1 amide bonds. The van der Waals surface area contributed by atoms with E-state index < -0.39 is 0 Å². The molecule has 110 valence electrons. The summed E-state index contributed by atoms with van der Waals surface area (Å²) in [4.78, 5) is 16.6. The van der Waals surface area contributed by atoms with E-state index in [1.165, 1.54) is 6.42 Å². The van der Waals surface area contributed by atoms with Crippen LogP contribution < -0.4 is 16.0 Å². The van der Waals surface area contributed by atoms with Gasteiger partial charge in [0.05, 0.1) is 11.9 Å². The van der Waals surface area contributed by atoms with Gasteiger partial charge in [0.1, 0.15) is 12.0 Å². The number of hydrogen-bond donors (Lipinski definition) is 3. The number of carbonyl (C=O) groups excluding carboxylic acids is 1. The maximum absolute atomic E-state index is 12.4. The molecule has 2 aliphatic heterocycles. The summed E-state index contributed by atoms with van der Waals surface area (Å²) in [6.45, 7) is 0. The first kappa shape index (κ1) is 12.6. The van der Waals surface area contributed by atoms with Crippen molar-refractivity contribution in [1.82, 2.24) is 15.6 Å². The topological polar surface area (TPSA) is 79.2 Å². The number of furan rings is 1.